The summed E-state index contributed by atoms with van der Waals surface area (Å²) in [6, 6.07) is 4.95. The molecule has 0 bridgehead atoms. The number of nitrogens with zero attached hydrogens (tertiary/aromatic N) is 2. The van der Waals surface area contributed by atoms with E-state index in [1.165, 1.54) is 18.2 Å². The van der Waals surface area contributed by atoms with Gasteiger partial charge in [0.2, 0.25) is 0 Å². The Balaban J connectivity index is 1.67. The van der Waals surface area contributed by atoms with E-state index in [9.17, 15) is 15.0 Å². The van der Waals surface area contributed by atoms with Gasteiger partial charge in [0.1, 0.15) is 17.1 Å². The number of phenolic OH excluding ortho intramolecular Hbond substituents is 2. The first-order chi connectivity index (χ1) is 9.66. The third-order valence-electron chi connectivity index (χ3n) is 4.11. The van der Waals surface area contributed by atoms with Crippen molar-refractivity contribution in [1.82, 2.24) is 15.1 Å². The van der Waals surface area contributed by atoms with Crippen LogP contribution in [0.4, 0.5) is 0 Å². The van der Waals surface area contributed by atoms with Crippen molar-refractivity contribution in [3.05, 3.63) is 23.8 Å². The van der Waals surface area contributed by atoms with Gasteiger partial charge in [-0.15, -0.1) is 0 Å². The molecule has 0 unspecified atom stereocenters. The SMILES string of the molecule is O=C(c1c(O)cccc1O)N1CCN(C2CNC2)CC1. The molecule has 1 amide bonds. The van der Waals surface area contributed by atoms with Gasteiger partial charge in [0.05, 0.1) is 0 Å². The molecule has 0 radical (unpaired) electrons. The Bertz CT molecular complexity index is 488. The number of carbonyl (C=O) groups excluding carboxylic acids is 1. The highest BCUT2D eigenvalue weighted by Gasteiger charge is 2.30. The van der Waals surface area contributed by atoms with Crippen LogP contribution in [-0.4, -0.2) is 71.2 Å². The predicted octanol–water partition coefficient (Wildman–Crippen LogP) is -0.173. The van der Waals surface area contributed by atoms with E-state index < -0.39 is 0 Å². The Morgan fingerprint density at radius 3 is 2.20 bits per heavy atom. The van der Waals surface area contributed by atoms with Gasteiger partial charge >= 0.3 is 0 Å². The maximum absolute atomic E-state index is 12.4. The summed E-state index contributed by atoms with van der Waals surface area (Å²) in [4.78, 5) is 16.4. The second kappa shape index (κ2) is 5.30. The van der Waals surface area contributed by atoms with Crippen molar-refractivity contribution >= 4 is 5.91 Å². The van der Waals surface area contributed by atoms with Gasteiger partial charge in [-0.05, 0) is 12.1 Å². The highest BCUT2D eigenvalue weighted by atomic mass is 16.3. The van der Waals surface area contributed by atoms with Crippen molar-refractivity contribution in [3.8, 4) is 11.5 Å². The molecule has 20 heavy (non-hydrogen) atoms. The summed E-state index contributed by atoms with van der Waals surface area (Å²) < 4.78 is 0. The van der Waals surface area contributed by atoms with Crippen LogP contribution >= 0.6 is 0 Å². The standard InChI is InChI=1S/C14H19N3O3/c18-11-2-1-3-12(19)13(11)14(20)17-6-4-16(5-7-17)10-8-15-9-10/h1-3,10,15,18-19H,4-9H2. The fourth-order valence-corrected chi connectivity index (χ4v) is 2.73. The van der Waals surface area contributed by atoms with E-state index in [4.69, 9.17) is 0 Å². The lowest BCUT2D eigenvalue weighted by Gasteiger charge is -2.43. The zero-order valence-electron chi connectivity index (χ0n) is 11.2. The van der Waals surface area contributed by atoms with E-state index in [-0.39, 0.29) is 23.0 Å². The topological polar surface area (TPSA) is 76.0 Å². The molecule has 2 heterocycles. The smallest absolute Gasteiger partial charge is 0.261 e. The summed E-state index contributed by atoms with van der Waals surface area (Å²) >= 11 is 0. The number of piperazine rings is 1. The minimum absolute atomic E-state index is 0.00580. The van der Waals surface area contributed by atoms with Crippen LogP contribution in [0.2, 0.25) is 0 Å². The van der Waals surface area contributed by atoms with Crippen LogP contribution in [-0.2, 0) is 0 Å². The molecule has 0 saturated carbocycles. The van der Waals surface area contributed by atoms with Gasteiger partial charge in [0, 0.05) is 45.3 Å². The molecule has 1 aromatic rings. The molecule has 3 N–H and O–H groups in total. The van der Waals surface area contributed by atoms with Gasteiger partial charge < -0.3 is 20.4 Å². The van der Waals surface area contributed by atoms with Crippen LogP contribution in [0, 0.1) is 0 Å². The monoisotopic (exact) mass is 277 g/mol. The van der Waals surface area contributed by atoms with Crippen LogP contribution in [0.1, 0.15) is 10.4 Å². The summed E-state index contributed by atoms with van der Waals surface area (Å²) in [5.41, 5.74) is 0.00580. The van der Waals surface area contributed by atoms with Crippen LogP contribution in [0.5, 0.6) is 11.5 Å². The fraction of sp³-hybridized carbons (Fsp3) is 0.500. The summed E-state index contributed by atoms with van der Waals surface area (Å²) in [5, 5.41) is 22.8. The maximum Gasteiger partial charge on any atom is 0.261 e. The Kier molecular flexibility index (Phi) is 3.50. The third-order valence-corrected chi connectivity index (χ3v) is 4.11. The van der Waals surface area contributed by atoms with Crippen molar-refractivity contribution in [2.75, 3.05) is 39.3 Å². The summed E-state index contributed by atoms with van der Waals surface area (Å²) in [6.07, 6.45) is 0. The molecule has 2 fully saturated rings. The first kappa shape index (κ1) is 13.2. The fourth-order valence-electron chi connectivity index (χ4n) is 2.73. The summed E-state index contributed by atoms with van der Waals surface area (Å²) in [6.45, 7) is 4.98. The van der Waals surface area contributed by atoms with Crippen LogP contribution < -0.4 is 5.32 Å². The maximum atomic E-state index is 12.4. The van der Waals surface area contributed by atoms with Gasteiger partial charge in [-0.2, -0.15) is 0 Å². The van der Waals surface area contributed by atoms with E-state index in [0.717, 1.165) is 26.2 Å². The van der Waals surface area contributed by atoms with Crippen molar-refractivity contribution in [2.45, 2.75) is 6.04 Å². The van der Waals surface area contributed by atoms with E-state index in [1.54, 1.807) is 4.90 Å². The quantitative estimate of drug-likeness (QED) is 0.699. The molecule has 1 aromatic carbocycles. The normalized spacial score (nSPS) is 20.7. The van der Waals surface area contributed by atoms with Gasteiger partial charge in [-0.3, -0.25) is 9.69 Å². The molecule has 0 atom stereocenters. The lowest BCUT2D eigenvalue weighted by Crippen LogP contribution is -2.62. The molecule has 0 aliphatic carbocycles. The Morgan fingerprint density at radius 1 is 1.10 bits per heavy atom. The predicted molar refractivity (Wildman–Crippen MR) is 73.9 cm³/mol. The first-order valence-electron chi connectivity index (χ1n) is 6.92. The number of rotatable bonds is 2. The zero-order chi connectivity index (χ0) is 14.1. The van der Waals surface area contributed by atoms with Crippen molar-refractivity contribution in [3.63, 3.8) is 0 Å². The summed E-state index contributed by atoms with van der Waals surface area (Å²) in [5.74, 6) is -0.631. The highest BCUT2D eigenvalue weighted by Crippen LogP contribution is 2.28. The van der Waals surface area contributed by atoms with Crippen molar-refractivity contribution in [1.29, 1.82) is 0 Å². The largest absolute Gasteiger partial charge is 0.507 e. The Morgan fingerprint density at radius 2 is 1.70 bits per heavy atom. The number of amides is 1. The molecular weight excluding hydrogens is 258 g/mol. The third kappa shape index (κ3) is 2.32. The molecule has 108 valence electrons. The van der Waals surface area contributed by atoms with Gasteiger partial charge in [-0.1, -0.05) is 6.07 Å². The Hall–Kier alpha value is -1.79. The highest BCUT2D eigenvalue weighted by molar-refractivity contribution is 5.99. The van der Waals surface area contributed by atoms with Gasteiger partial charge in [0.15, 0.2) is 0 Å². The van der Waals surface area contributed by atoms with E-state index in [1.807, 2.05) is 0 Å². The molecule has 6 nitrogen and oxygen atoms in total. The second-order valence-electron chi connectivity index (χ2n) is 5.31. The number of hydrogen-bond donors (Lipinski definition) is 3. The van der Waals surface area contributed by atoms with E-state index >= 15 is 0 Å². The average Bonchev–Trinajstić information content (AvgIpc) is 2.37. The number of phenols is 2. The molecule has 2 saturated heterocycles. The van der Waals surface area contributed by atoms with Crippen molar-refractivity contribution < 1.29 is 15.0 Å². The first-order valence-corrected chi connectivity index (χ1v) is 6.92. The number of carbonyl (C=O) groups is 1. The average molecular weight is 277 g/mol. The molecular formula is C14H19N3O3. The number of nitrogens with one attached hydrogen (secondary N) is 1. The summed E-state index contributed by atoms with van der Waals surface area (Å²) in [7, 11) is 0. The van der Waals surface area contributed by atoms with Crippen molar-refractivity contribution in [2.24, 2.45) is 0 Å². The lowest BCUT2D eigenvalue weighted by atomic mass is 10.1. The molecule has 3 rings (SSSR count). The molecule has 2 aliphatic rings. The molecule has 0 aromatic heterocycles. The molecule has 6 heteroatoms. The molecule has 0 spiro atoms. The zero-order valence-corrected chi connectivity index (χ0v) is 11.2. The van der Waals surface area contributed by atoms with Crippen LogP contribution in [0.25, 0.3) is 0 Å². The minimum atomic E-state index is -0.299. The van der Waals surface area contributed by atoms with Gasteiger partial charge in [-0.25, -0.2) is 0 Å². The number of aromatic hydroxyl groups is 2. The number of hydrogen-bond acceptors (Lipinski definition) is 5. The second-order valence-corrected chi connectivity index (χ2v) is 5.31. The number of benzene rings is 1. The lowest BCUT2D eigenvalue weighted by molar-refractivity contribution is 0.0497. The Labute approximate surface area is 117 Å². The van der Waals surface area contributed by atoms with Gasteiger partial charge in [0.25, 0.3) is 5.91 Å². The van der Waals surface area contributed by atoms with E-state index in [2.05, 4.69) is 10.2 Å². The minimum Gasteiger partial charge on any atom is -0.507 e. The van der Waals surface area contributed by atoms with E-state index in [0.29, 0.717) is 19.1 Å². The van der Waals surface area contributed by atoms with Crippen LogP contribution in [0.15, 0.2) is 18.2 Å². The van der Waals surface area contributed by atoms with Crippen LogP contribution in [0.3, 0.4) is 0 Å². The molecule has 2 aliphatic heterocycles.